The molecule has 7 nitrogen and oxygen atoms in total. The summed E-state index contributed by atoms with van der Waals surface area (Å²) in [5.74, 6) is 0.191. The lowest BCUT2D eigenvalue weighted by Crippen LogP contribution is -2.23. The van der Waals surface area contributed by atoms with Crippen molar-refractivity contribution in [3.8, 4) is 11.5 Å². The molecule has 0 bridgehead atoms. The van der Waals surface area contributed by atoms with Gasteiger partial charge in [0.2, 0.25) is 6.79 Å². The van der Waals surface area contributed by atoms with Crippen LogP contribution >= 0.6 is 11.8 Å². The van der Waals surface area contributed by atoms with Gasteiger partial charge in [-0.25, -0.2) is 9.79 Å². The van der Waals surface area contributed by atoms with Gasteiger partial charge in [-0.1, -0.05) is 6.07 Å². The van der Waals surface area contributed by atoms with Crippen LogP contribution in [0.1, 0.15) is 15.9 Å². The molecular weight excluding hydrogens is 368 g/mol. The van der Waals surface area contributed by atoms with Crippen LogP contribution < -0.4 is 9.47 Å². The molecule has 8 heteroatoms. The van der Waals surface area contributed by atoms with Crippen LogP contribution in [0.25, 0.3) is 6.08 Å². The Morgan fingerprint density at radius 3 is 2.67 bits per heavy atom. The molecule has 2 aliphatic rings. The summed E-state index contributed by atoms with van der Waals surface area (Å²) in [6.45, 7) is 0.198. The van der Waals surface area contributed by atoms with Gasteiger partial charge in [-0.2, -0.15) is 0 Å². The van der Waals surface area contributed by atoms with Gasteiger partial charge in [0.1, 0.15) is 0 Å². The number of carbonyl (C=O) groups is 2. The fourth-order valence-corrected chi connectivity index (χ4v) is 3.58. The number of amides is 1. The molecule has 0 saturated carbocycles. The molecule has 4 rings (SSSR count). The average Bonchev–Trinajstić information content (AvgIpc) is 3.22. The average molecular weight is 382 g/mol. The lowest BCUT2D eigenvalue weighted by molar-refractivity contribution is -0.121. The molecule has 0 aromatic heterocycles. The van der Waals surface area contributed by atoms with E-state index in [0.717, 1.165) is 5.56 Å². The van der Waals surface area contributed by atoms with E-state index in [0.29, 0.717) is 27.3 Å². The Balaban J connectivity index is 1.58. The first-order valence-electron chi connectivity index (χ1n) is 8.00. The van der Waals surface area contributed by atoms with Crippen molar-refractivity contribution in [2.45, 2.75) is 0 Å². The summed E-state index contributed by atoms with van der Waals surface area (Å²) in [5, 5.41) is 9.48. The van der Waals surface area contributed by atoms with Crippen molar-refractivity contribution in [3.63, 3.8) is 0 Å². The summed E-state index contributed by atoms with van der Waals surface area (Å²) < 4.78 is 10.6. The van der Waals surface area contributed by atoms with Crippen LogP contribution in [0.2, 0.25) is 0 Å². The number of amidine groups is 1. The summed E-state index contributed by atoms with van der Waals surface area (Å²) in [5.41, 5.74) is 1.59. The molecule has 0 atom stereocenters. The van der Waals surface area contributed by atoms with E-state index in [1.807, 2.05) is 18.2 Å². The lowest BCUT2D eigenvalue weighted by atomic mass is 10.2. The van der Waals surface area contributed by atoms with E-state index in [9.17, 15) is 9.59 Å². The van der Waals surface area contributed by atoms with Crippen molar-refractivity contribution in [1.82, 2.24) is 4.90 Å². The minimum absolute atomic E-state index is 0.154. The monoisotopic (exact) mass is 382 g/mol. The van der Waals surface area contributed by atoms with Gasteiger partial charge < -0.3 is 14.6 Å². The van der Waals surface area contributed by atoms with E-state index in [1.165, 1.54) is 28.8 Å². The minimum atomic E-state index is -0.995. The lowest BCUT2D eigenvalue weighted by Gasteiger charge is -2.07. The molecule has 27 heavy (non-hydrogen) atoms. The number of aliphatic imine (C=N–C) groups is 1. The highest BCUT2D eigenvalue weighted by Crippen LogP contribution is 2.36. The number of aromatic carboxylic acids is 1. The molecule has 1 fully saturated rings. The van der Waals surface area contributed by atoms with Gasteiger partial charge >= 0.3 is 5.97 Å². The van der Waals surface area contributed by atoms with Gasteiger partial charge in [0.15, 0.2) is 16.7 Å². The highest BCUT2D eigenvalue weighted by molar-refractivity contribution is 8.18. The molecule has 1 N–H and O–H groups in total. The summed E-state index contributed by atoms with van der Waals surface area (Å²) in [6, 6.07) is 11.7. The first kappa shape index (κ1) is 17.2. The number of nitrogens with zero attached hydrogens (tertiary/aromatic N) is 2. The maximum atomic E-state index is 12.5. The number of benzene rings is 2. The second-order valence-corrected chi connectivity index (χ2v) is 6.84. The van der Waals surface area contributed by atoms with E-state index in [1.54, 1.807) is 25.3 Å². The minimum Gasteiger partial charge on any atom is -0.478 e. The van der Waals surface area contributed by atoms with Gasteiger partial charge in [-0.05, 0) is 59.8 Å². The normalized spacial score (nSPS) is 18.6. The van der Waals surface area contributed by atoms with Gasteiger partial charge in [0, 0.05) is 7.05 Å². The van der Waals surface area contributed by atoms with Crippen molar-refractivity contribution >= 4 is 40.6 Å². The SMILES string of the molecule is CN1C(=O)C(=Cc2ccc3c(c2)OCO3)SC1=Nc1ccc(C(=O)O)cc1. The third-order valence-corrected chi connectivity index (χ3v) is 5.10. The predicted molar refractivity (Wildman–Crippen MR) is 101 cm³/mol. The van der Waals surface area contributed by atoms with Crippen molar-refractivity contribution < 1.29 is 24.2 Å². The second kappa shape index (κ2) is 6.81. The zero-order chi connectivity index (χ0) is 19.0. The molecular formula is C19H14N2O5S. The number of hydrogen-bond donors (Lipinski definition) is 1. The number of rotatable bonds is 3. The van der Waals surface area contributed by atoms with Gasteiger partial charge in [0.25, 0.3) is 5.91 Å². The Bertz CT molecular complexity index is 998. The van der Waals surface area contributed by atoms with Crippen LogP contribution in [-0.2, 0) is 4.79 Å². The number of thioether (sulfide) groups is 1. The summed E-state index contributed by atoms with van der Waals surface area (Å²) in [6.07, 6.45) is 1.78. The number of carbonyl (C=O) groups excluding carboxylic acids is 1. The van der Waals surface area contributed by atoms with E-state index < -0.39 is 5.97 Å². The third kappa shape index (κ3) is 3.39. The zero-order valence-corrected chi connectivity index (χ0v) is 15.0. The molecule has 136 valence electrons. The standard InChI is InChI=1S/C19H14N2O5S/c1-21-17(22)16(9-11-2-7-14-15(8-11)26-10-25-14)27-19(21)20-13-5-3-12(4-6-13)18(23)24/h2-9H,10H2,1H3,(H,23,24). The molecule has 0 spiro atoms. The van der Waals surface area contributed by atoms with E-state index >= 15 is 0 Å². The van der Waals surface area contributed by atoms with Crippen molar-refractivity contribution in [1.29, 1.82) is 0 Å². The molecule has 1 amide bonds. The third-order valence-electron chi connectivity index (χ3n) is 4.04. The number of fused-ring (bicyclic) bond motifs is 1. The van der Waals surface area contributed by atoms with Gasteiger partial charge in [0.05, 0.1) is 16.2 Å². The Kier molecular flexibility index (Phi) is 4.33. The Hall–Kier alpha value is -3.26. The first-order valence-corrected chi connectivity index (χ1v) is 8.82. The topological polar surface area (TPSA) is 88.4 Å². The van der Waals surface area contributed by atoms with Gasteiger partial charge in [-0.15, -0.1) is 0 Å². The van der Waals surface area contributed by atoms with E-state index in [4.69, 9.17) is 14.6 Å². The van der Waals surface area contributed by atoms with Crippen molar-refractivity contribution in [3.05, 3.63) is 58.5 Å². The Morgan fingerprint density at radius 2 is 1.93 bits per heavy atom. The van der Waals surface area contributed by atoms with Crippen LogP contribution in [0, 0.1) is 0 Å². The molecule has 2 aromatic carbocycles. The Labute approximate surface area is 158 Å². The summed E-state index contributed by atoms with van der Waals surface area (Å²) >= 11 is 1.26. The van der Waals surface area contributed by atoms with Crippen molar-refractivity contribution in [2.75, 3.05) is 13.8 Å². The molecule has 0 unspecified atom stereocenters. The molecule has 2 heterocycles. The summed E-state index contributed by atoms with van der Waals surface area (Å²) in [7, 11) is 1.65. The number of carboxylic acids is 1. The molecule has 1 saturated heterocycles. The maximum Gasteiger partial charge on any atom is 0.335 e. The summed E-state index contributed by atoms with van der Waals surface area (Å²) in [4.78, 5) is 29.9. The smallest absolute Gasteiger partial charge is 0.335 e. The highest BCUT2D eigenvalue weighted by Gasteiger charge is 2.30. The van der Waals surface area contributed by atoms with Crippen LogP contribution in [-0.4, -0.2) is 40.9 Å². The van der Waals surface area contributed by atoms with Crippen LogP contribution in [0.15, 0.2) is 52.4 Å². The van der Waals surface area contributed by atoms with Crippen LogP contribution in [0.5, 0.6) is 11.5 Å². The fourth-order valence-electron chi connectivity index (χ4n) is 2.59. The van der Waals surface area contributed by atoms with Gasteiger partial charge in [-0.3, -0.25) is 9.69 Å². The van der Waals surface area contributed by atoms with E-state index in [-0.39, 0.29) is 18.3 Å². The first-order chi connectivity index (χ1) is 13.0. The highest BCUT2D eigenvalue weighted by atomic mass is 32.2. The number of carboxylic acid groups (broad SMARTS) is 1. The number of ether oxygens (including phenoxy) is 2. The van der Waals surface area contributed by atoms with Crippen LogP contribution in [0.4, 0.5) is 5.69 Å². The van der Waals surface area contributed by atoms with Crippen LogP contribution in [0.3, 0.4) is 0 Å². The Morgan fingerprint density at radius 1 is 1.19 bits per heavy atom. The van der Waals surface area contributed by atoms with E-state index in [2.05, 4.69) is 4.99 Å². The molecule has 0 radical (unpaired) electrons. The molecule has 0 aliphatic carbocycles. The fraction of sp³-hybridized carbons (Fsp3) is 0.105. The largest absolute Gasteiger partial charge is 0.478 e. The zero-order valence-electron chi connectivity index (χ0n) is 14.2. The quantitative estimate of drug-likeness (QED) is 0.819. The maximum absolute atomic E-state index is 12.5. The predicted octanol–water partition coefficient (Wildman–Crippen LogP) is 3.35. The molecule has 2 aliphatic heterocycles. The number of likely N-dealkylation sites (N-methyl/N-ethyl adjacent to an activating group) is 1. The second-order valence-electron chi connectivity index (χ2n) is 5.83. The number of hydrogen-bond acceptors (Lipinski definition) is 6. The molecule has 2 aromatic rings. The van der Waals surface area contributed by atoms with Crippen molar-refractivity contribution in [2.24, 2.45) is 4.99 Å².